The van der Waals surface area contributed by atoms with E-state index >= 15 is 0 Å². The zero-order valence-corrected chi connectivity index (χ0v) is 14.0. The molecule has 0 unspecified atom stereocenters. The summed E-state index contributed by atoms with van der Waals surface area (Å²) in [5.74, 6) is 0.602. The van der Waals surface area contributed by atoms with Crippen LogP contribution in [0.2, 0.25) is 0 Å². The Balaban J connectivity index is 1.94. The topological polar surface area (TPSA) is 51.0 Å². The Bertz CT molecular complexity index is 701. The number of carbonyl (C=O) groups excluding carboxylic acids is 1. The lowest BCUT2D eigenvalue weighted by Gasteiger charge is -2.17. The maximum absolute atomic E-state index is 13.6. The van der Waals surface area contributed by atoms with Crippen LogP contribution in [0.15, 0.2) is 42.1 Å². The average molecular weight is 334 g/mol. The summed E-state index contributed by atoms with van der Waals surface area (Å²) in [6.45, 7) is 6.39. The minimum atomic E-state index is -0.304. The van der Waals surface area contributed by atoms with Crippen LogP contribution >= 0.6 is 11.8 Å². The van der Waals surface area contributed by atoms with Crippen LogP contribution in [0.3, 0.4) is 0 Å². The number of thioether (sulfide) groups is 1. The summed E-state index contributed by atoms with van der Waals surface area (Å²) in [6.07, 6.45) is 1.76. The number of rotatable bonds is 7. The number of halogens is 1. The van der Waals surface area contributed by atoms with Crippen LogP contribution in [-0.4, -0.2) is 38.4 Å². The summed E-state index contributed by atoms with van der Waals surface area (Å²) in [7, 11) is 1.66. The average Bonchev–Trinajstić information content (AvgIpc) is 2.88. The van der Waals surface area contributed by atoms with Crippen LogP contribution in [0.1, 0.15) is 11.4 Å². The van der Waals surface area contributed by atoms with Crippen molar-refractivity contribution in [3.8, 4) is 0 Å². The molecule has 0 saturated carbocycles. The van der Waals surface area contributed by atoms with Gasteiger partial charge in [-0.1, -0.05) is 36.0 Å². The van der Waals surface area contributed by atoms with Gasteiger partial charge in [0.2, 0.25) is 5.91 Å². The Morgan fingerprint density at radius 1 is 1.43 bits per heavy atom. The molecule has 0 N–H and O–H groups in total. The molecule has 0 aliphatic carbocycles. The Kier molecular flexibility index (Phi) is 5.92. The highest BCUT2D eigenvalue weighted by Gasteiger charge is 2.15. The summed E-state index contributed by atoms with van der Waals surface area (Å²) >= 11 is 1.32. The van der Waals surface area contributed by atoms with Crippen LogP contribution in [-0.2, 0) is 17.9 Å². The molecule has 0 radical (unpaired) electrons. The van der Waals surface area contributed by atoms with Crippen molar-refractivity contribution in [1.82, 2.24) is 19.7 Å². The highest BCUT2D eigenvalue weighted by atomic mass is 32.2. The minimum absolute atomic E-state index is 0.0935. The van der Waals surface area contributed by atoms with E-state index in [0.29, 0.717) is 17.3 Å². The van der Waals surface area contributed by atoms with Gasteiger partial charge in [0.05, 0.1) is 5.75 Å². The normalized spacial score (nSPS) is 10.6. The Morgan fingerprint density at radius 2 is 2.17 bits per heavy atom. The smallest absolute Gasteiger partial charge is 0.233 e. The maximum atomic E-state index is 13.6. The SMILES string of the molecule is C=CCn1c(C)nnc1SCC(=O)N(C)Cc1ccccc1F. The van der Waals surface area contributed by atoms with Crippen LogP contribution in [0.4, 0.5) is 4.39 Å². The van der Waals surface area contributed by atoms with E-state index in [-0.39, 0.29) is 24.0 Å². The van der Waals surface area contributed by atoms with Gasteiger partial charge in [-0.05, 0) is 13.0 Å². The van der Waals surface area contributed by atoms with Gasteiger partial charge in [0, 0.05) is 25.7 Å². The number of aromatic nitrogens is 3. The Hall–Kier alpha value is -2.15. The Morgan fingerprint density at radius 3 is 2.87 bits per heavy atom. The third-order valence-electron chi connectivity index (χ3n) is 3.33. The first-order chi connectivity index (χ1) is 11.0. The lowest BCUT2D eigenvalue weighted by Crippen LogP contribution is -2.28. The van der Waals surface area contributed by atoms with Crippen LogP contribution in [0, 0.1) is 12.7 Å². The third kappa shape index (κ3) is 4.41. The number of hydrogen-bond donors (Lipinski definition) is 0. The fourth-order valence-corrected chi connectivity index (χ4v) is 2.95. The Labute approximate surface area is 139 Å². The highest BCUT2D eigenvalue weighted by Crippen LogP contribution is 2.18. The molecule has 0 aliphatic rings. The number of carbonyl (C=O) groups is 1. The van der Waals surface area contributed by atoms with Crippen molar-refractivity contribution in [2.24, 2.45) is 0 Å². The molecule has 1 aromatic carbocycles. The molecule has 7 heteroatoms. The van der Waals surface area contributed by atoms with E-state index in [1.807, 2.05) is 11.5 Å². The molecule has 0 aliphatic heterocycles. The quantitative estimate of drug-likeness (QED) is 0.577. The second-order valence-corrected chi connectivity index (χ2v) is 6.00. The monoisotopic (exact) mass is 334 g/mol. The molecule has 23 heavy (non-hydrogen) atoms. The molecule has 2 rings (SSSR count). The van der Waals surface area contributed by atoms with E-state index in [0.717, 1.165) is 5.82 Å². The number of amides is 1. The van der Waals surface area contributed by atoms with Crippen molar-refractivity contribution in [2.45, 2.75) is 25.2 Å². The largest absolute Gasteiger partial charge is 0.341 e. The first-order valence-electron chi connectivity index (χ1n) is 7.13. The summed E-state index contributed by atoms with van der Waals surface area (Å²) in [5, 5.41) is 8.74. The molecule has 1 heterocycles. The van der Waals surface area contributed by atoms with Gasteiger partial charge in [0.1, 0.15) is 11.6 Å². The van der Waals surface area contributed by atoms with Crippen molar-refractivity contribution in [3.63, 3.8) is 0 Å². The first kappa shape index (κ1) is 17.2. The van der Waals surface area contributed by atoms with Crippen LogP contribution in [0.25, 0.3) is 0 Å². The summed E-state index contributed by atoms with van der Waals surface area (Å²) in [5.41, 5.74) is 0.499. The second kappa shape index (κ2) is 7.92. The van der Waals surface area contributed by atoms with Gasteiger partial charge in [-0.25, -0.2) is 4.39 Å². The molecule has 0 atom stereocenters. The van der Waals surface area contributed by atoms with E-state index in [9.17, 15) is 9.18 Å². The van der Waals surface area contributed by atoms with Crippen molar-refractivity contribution in [3.05, 3.63) is 54.1 Å². The van der Waals surface area contributed by atoms with Gasteiger partial charge < -0.3 is 9.47 Å². The molecular formula is C16H19FN4OS. The van der Waals surface area contributed by atoms with Gasteiger partial charge >= 0.3 is 0 Å². The molecular weight excluding hydrogens is 315 g/mol. The number of nitrogens with zero attached hydrogens (tertiary/aromatic N) is 4. The van der Waals surface area contributed by atoms with Crippen molar-refractivity contribution in [1.29, 1.82) is 0 Å². The number of benzene rings is 1. The highest BCUT2D eigenvalue weighted by molar-refractivity contribution is 7.99. The van der Waals surface area contributed by atoms with E-state index in [1.54, 1.807) is 31.3 Å². The molecule has 122 valence electrons. The molecule has 0 bridgehead atoms. The molecule has 0 fully saturated rings. The zero-order chi connectivity index (χ0) is 16.8. The molecule has 1 amide bonds. The van der Waals surface area contributed by atoms with Crippen LogP contribution in [0.5, 0.6) is 0 Å². The summed E-state index contributed by atoms with van der Waals surface area (Å²) < 4.78 is 15.5. The van der Waals surface area contributed by atoms with E-state index in [2.05, 4.69) is 16.8 Å². The van der Waals surface area contributed by atoms with Crippen LogP contribution < -0.4 is 0 Å². The van der Waals surface area contributed by atoms with Gasteiger partial charge in [-0.15, -0.1) is 16.8 Å². The standard InChI is InChI=1S/C16H19FN4OS/c1-4-9-21-12(2)18-19-16(21)23-11-15(22)20(3)10-13-7-5-6-8-14(13)17/h4-8H,1,9-11H2,2-3H3. The predicted octanol–water partition coefficient (Wildman–Crippen LogP) is 2.66. The van der Waals surface area contributed by atoms with Crippen molar-refractivity contribution < 1.29 is 9.18 Å². The minimum Gasteiger partial charge on any atom is -0.341 e. The molecule has 2 aromatic rings. The fraction of sp³-hybridized carbons (Fsp3) is 0.312. The van der Waals surface area contributed by atoms with E-state index in [4.69, 9.17) is 0 Å². The van der Waals surface area contributed by atoms with Crippen molar-refractivity contribution in [2.75, 3.05) is 12.8 Å². The fourth-order valence-electron chi connectivity index (χ4n) is 2.01. The number of allylic oxidation sites excluding steroid dienone is 1. The number of hydrogen-bond acceptors (Lipinski definition) is 4. The molecule has 0 spiro atoms. The molecule has 5 nitrogen and oxygen atoms in total. The molecule has 0 saturated heterocycles. The lowest BCUT2D eigenvalue weighted by molar-refractivity contribution is -0.127. The van der Waals surface area contributed by atoms with E-state index < -0.39 is 0 Å². The van der Waals surface area contributed by atoms with Gasteiger partial charge in [-0.2, -0.15) is 0 Å². The van der Waals surface area contributed by atoms with Crippen molar-refractivity contribution >= 4 is 17.7 Å². The van der Waals surface area contributed by atoms with E-state index in [1.165, 1.54) is 22.7 Å². The maximum Gasteiger partial charge on any atom is 0.233 e. The lowest BCUT2D eigenvalue weighted by atomic mass is 10.2. The number of aryl methyl sites for hydroxylation is 1. The summed E-state index contributed by atoms with van der Waals surface area (Å²) in [6, 6.07) is 6.45. The van der Waals surface area contributed by atoms with Gasteiger partial charge in [0.15, 0.2) is 5.16 Å². The zero-order valence-electron chi connectivity index (χ0n) is 13.2. The van der Waals surface area contributed by atoms with Gasteiger partial charge in [0.25, 0.3) is 0 Å². The molecule has 1 aromatic heterocycles. The summed E-state index contributed by atoms with van der Waals surface area (Å²) in [4.78, 5) is 13.7. The van der Waals surface area contributed by atoms with Gasteiger partial charge in [-0.3, -0.25) is 4.79 Å². The third-order valence-corrected chi connectivity index (χ3v) is 4.28. The predicted molar refractivity (Wildman–Crippen MR) is 88.6 cm³/mol. The first-order valence-corrected chi connectivity index (χ1v) is 8.12. The second-order valence-electron chi connectivity index (χ2n) is 5.06.